The van der Waals surface area contributed by atoms with Gasteiger partial charge in [-0.3, -0.25) is 18.8 Å². The average Bonchev–Trinajstić information content (AvgIpc) is 2.51. The van der Waals surface area contributed by atoms with E-state index >= 15 is 0 Å². The van der Waals surface area contributed by atoms with Gasteiger partial charge in [0.25, 0.3) is 0 Å². The highest BCUT2D eigenvalue weighted by molar-refractivity contribution is 7.75. The lowest BCUT2D eigenvalue weighted by Gasteiger charge is -2.40. The van der Waals surface area contributed by atoms with Gasteiger partial charge in [-0.25, -0.2) is 10.0 Å². The summed E-state index contributed by atoms with van der Waals surface area (Å²) >= 11 is 0. The second kappa shape index (κ2) is 10.5. The predicted molar refractivity (Wildman–Crippen MR) is 103 cm³/mol. The third-order valence-corrected chi connectivity index (χ3v) is 10.1. The summed E-state index contributed by atoms with van der Waals surface area (Å²) in [6.45, 7) is 6.76. The fourth-order valence-corrected chi connectivity index (χ4v) is 8.67. The molecule has 2 aliphatic heterocycles. The molecule has 158 valence electrons. The monoisotopic (exact) mass is 426 g/mol. The van der Waals surface area contributed by atoms with Crippen molar-refractivity contribution in [2.75, 3.05) is 70.7 Å². The molecule has 2 atom stereocenters. The van der Waals surface area contributed by atoms with E-state index in [2.05, 4.69) is 15.3 Å². The summed E-state index contributed by atoms with van der Waals surface area (Å²) in [6.07, 6.45) is 0.833. The molecule has 10 nitrogen and oxygen atoms in total. The minimum atomic E-state index is -3.94. The lowest BCUT2D eigenvalue weighted by molar-refractivity contribution is -0.136. The zero-order valence-electron chi connectivity index (χ0n) is 15.7. The quantitative estimate of drug-likeness (QED) is 0.417. The maximum Gasteiger partial charge on any atom is 0.303 e. The standard InChI is InChI=1S/C15H32N4O6P2/c20-15(21)3-12-26(22,23)14-27(24,25)13-17-6-2-8-18-9-5-16-4-1-7-19(18)11-10-17/h16H,1-14H2,(H,20,21)(H,22,23)(H,24,25). The topological polar surface area (TPSA) is 134 Å². The van der Waals surface area contributed by atoms with E-state index in [0.29, 0.717) is 13.1 Å². The molecule has 2 heterocycles. The number of carbonyl (C=O) groups is 1. The molecule has 0 aromatic heterocycles. The van der Waals surface area contributed by atoms with Gasteiger partial charge < -0.3 is 20.2 Å². The van der Waals surface area contributed by atoms with Crippen LogP contribution in [0.3, 0.4) is 0 Å². The van der Waals surface area contributed by atoms with Gasteiger partial charge in [0.15, 0.2) is 0 Å². The molecule has 0 bridgehead atoms. The van der Waals surface area contributed by atoms with Crippen molar-refractivity contribution in [2.24, 2.45) is 0 Å². The van der Waals surface area contributed by atoms with E-state index in [1.165, 1.54) is 0 Å². The van der Waals surface area contributed by atoms with Crippen LogP contribution < -0.4 is 5.32 Å². The van der Waals surface area contributed by atoms with Crippen molar-refractivity contribution in [3.63, 3.8) is 0 Å². The maximum atomic E-state index is 12.5. The summed E-state index contributed by atoms with van der Waals surface area (Å²) in [4.78, 5) is 32.6. The maximum absolute atomic E-state index is 12.5. The first-order chi connectivity index (χ1) is 12.7. The Hall–Kier alpha value is -0.310. The number of hydrazine groups is 1. The summed E-state index contributed by atoms with van der Waals surface area (Å²) < 4.78 is 24.6. The van der Waals surface area contributed by atoms with E-state index in [-0.39, 0.29) is 6.29 Å². The molecule has 2 unspecified atom stereocenters. The molecule has 0 amide bonds. The van der Waals surface area contributed by atoms with Gasteiger partial charge in [-0.2, -0.15) is 0 Å². The number of aliphatic carboxylic acids is 1. The van der Waals surface area contributed by atoms with E-state index < -0.39 is 39.2 Å². The molecule has 2 fully saturated rings. The lowest BCUT2D eigenvalue weighted by atomic mass is 10.3. The van der Waals surface area contributed by atoms with Crippen molar-refractivity contribution in [3.8, 4) is 0 Å². The smallest absolute Gasteiger partial charge is 0.303 e. The number of carboxylic acids is 1. The highest BCUT2D eigenvalue weighted by Gasteiger charge is 2.33. The average molecular weight is 426 g/mol. The summed E-state index contributed by atoms with van der Waals surface area (Å²) in [5.41, 5.74) is 0. The third-order valence-electron chi connectivity index (χ3n) is 4.82. The van der Waals surface area contributed by atoms with Gasteiger partial charge in [-0.15, -0.1) is 0 Å². The second-order valence-corrected chi connectivity index (χ2v) is 12.6. The zero-order valence-corrected chi connectivity index (χ0v) is 17.5. The Balaban J connectivity index is 1.89. The van der Waals surface area contributed by atoms with Crippen LogP contribution in [-0.2, 0) is 13.9 Å². The largest absolute Gasteiger partial charge is 0.481 e. The van der Waals surface area contributed by atoms with Crippen molar-refractivity contribution in [1.29, 1.82) is 0 Å². The molecule has 0 spiro atoms. The number of hydrogen-bond acceptors (Lipinski definition) is 7. The molecule has 2 aliphatic rings. The van der Waals surface area contributed by atoms with E-state index in [0.717, 1.165) is 52.1 Å². The Morgan fingerprint density at radius 2 is 1.59 bits per heavy atom. The van der Waals surface area contributed by atoms with Crippen LogP contribution in [-0.4, -0.2) is 106 Å². The second-order valence-electron chi connectivity index (χ2n) is 7.33. The first-order valence-corrected chi connectivity index (χ1v) is 13.5. The predicted octanol–water partition coefficient (Wildman–Crippen LogP) is 0.135. The van der Waals surface area contributed by atoms with Crippen molar-refractivity contribution < 1.29 is 28.8 Å². The van der Waals surface area contributed by atoms with Gasteiger partial charge in [-0.05, 0) is 19.4 Å². The highest BCUT2D eigenvalue weighted by atomic mass is 31.2. The molecule has 0 saturated carbocycles. The molecule has 0 aromatic rings. The number of rotatable bonds is 7. The Morgan fingerprint density at radius 1 is 0.889 bits per heavy atom. The Kier molecular flexibility index (Phi) is 8.90. The lowest BCUT2D eigenvalue weighted by Crippen LogP contribution is -2.53. The Labute approximate surface area is 160 Å². The SMILES string of the molecule is O=C(O)CCP(=O)(O)CP(=O)(O)CN1CCCN2CCNCCCN2CC1. The molecule has 2 rings (SSSR count). The molecule has 12 heteroatoms. The number of fused-ring (bicyclic) bond motifs is 1. The van der Waals surface area contributed by atoms with E-state index in [4.69, 9.17) is 5.11 Å². The first kappa shape index (κ1) is 23.0. The molecule has 27 heavy (non-hydrogen) atoms. The molecular formula is C15H32N4O6P2. The summed E-state index contributed by atoms with van der Waals surface area (Å²) in [7, 11) is -7.79. The molecule has 0 aromatic carbocycles. The van der Waals surface area contributed by atoms with Crippen LogP contribution in [0.2, 0.25) is 0 Å². The highest BCUT2D eigenvalue weighted by Crippen LogP contribution is 2.57. The molecule has 4 N–H and O–H groups in total. The number of nitrogens with zero attached hydrogens (tertiary/aromatic N) is 3. The summed E-state index contributed by atoms with van der Waals surface area (Å²) in [6, 6.07) is 0. The van der Waals surface area contributed by atoms with Crippen LogP contribution in [0.1, 0.15) is 19.3 Å². The third kappa shape index (κ3) is 8.71. The number of hydrogen-bond donors (Lipinski definition) is 4. The van der Waals surface area contributed by atoms with Crippen molar-refractivity contribution in [2.45, 2.75) is 19.3 Å². The summed E-state index contributed by atoms with van der Waals surface area (Å²) in [5.74, 6) is -1.90. The summed E-state index contributed by atoms with van der Waals surface area (Å²) in [5, 5.41) is 16.7. The van der Waals surface area contributed by atoms with Crippen molar-refractivity contribution in [1.82, 2.24) is 20.2 Å². The van der Waals surface area contributed by atoms with Crippen LogP contribution >= 0.6 is 14.7 Å². The Morgan fingerprint density at radius 3 is 2.33 bits per heavy atom. The molecular weight excluding hydrogens is 394 g/mol. The van der Waals surface area contributed by atoms with E-state index in [9.17, 15) is 23.7 Å². The number of nitrogens with one attached hydrogen (secondary N) is 1. The fourth-order valence-electron chi connectivity index (χ4n) is 3.54. The van der Waals surface area contributed by atoms with Gasteiger partial charge in [0, 0.05) is 52.0 Å². The van der Waals surface area contributed by atoms with Gasteiger partial charge >= 0.3 is 5.97 Å². The van der Waals surface area contributed by atoms with Crippen molar-refractivity contribution in [3.05, 3.63) is 0 Å². The van der Waals surface area contributed by atoms with Gasteiger partial charge in [0.1, 0.15) is 5.90 Å². The van der Waals surface area contributed by atoms with Gasteiger partial charge in [0.05, 0.1) is 12.7 Å². The molecule has 0 radical (unpaired) electrons. The minimum absolute atomic E-state index is 0.125. The van der Waals surface area contributed by atoms with E-state index in [1.54, 1.807) is 0 Å². The van der Waals surface area contributed by atoms with Crippen LogP contribution in [0, 0.1) is 0 Å². The molecule has 0 aliphatic carbocycles. The van der Waals surface area contributed by atoms with E-state index in [1.807, 2.05) is 4.90 Å². The first-order valence-electron chi connectivity index (χ1n) is 9.43. The van der Waals surface area contributed by atoms with Crippen LogP contribution in [0.15, 0.2) is 0 Å². The van der Waals surface area contributed by atoms with Crippen LogP contribution in [0.5, 0.6) is 0 Å². The molecule has 2 saturated heterocycles. The zero-order chi connectivity index (χ0) is 19.9. The van der Waals surface area contributed by atoms with Crippen LogP contribution in [0.25, 0.3) is 0 Å². The Bertz CT molecular complexity index is 593. The fraction of sp³-hybridized carbons (Fsp3) is 0.933. The normalized spacial score (nSPS) is 25.9. The van der Waals surface area contributed by atoms with Crippen LogP contribution in [0.4, 0.5) is 0 Å². The van der Waals surface area contributed by atoms with Gasteiger partial charge in [0.2, 0.25) is 14.7 Å². The number of carboxylic acid groups (broad SMARTS) is 1. The van der Waals surface area contributed by atoms with Gasteiger partial charge in [-0.1, -0.05) is 0 Å². The van der Waals surface area contributed by atoms with Crippen molar-refractivity contribution >= 4 is 20.7 Å². The minimum Gasteiger partial charge on any atom is -0.481 e.